The highest BCUT2D eigenvalue weighted by Crippen LogP contribution is 2.24. The second-order valence-electron chi connectivity index (χ2n) is 6.13. The summed E-state index contributed by atoms with van der Waals surface area (Å²) in [5.41, 5.74) is 1.89. The number of rotatable bonds is 6. The number of nitrogens with one attached hydrogen (secondary N) is 2. The molecule has 0 saturated heterocycles. The summed E-state index contributed by atoms with van der Waals surface area (Å²) in [6.07, 6.45) is 0.0805. The fourth-order valence-corrected chi connectivity index (χ4v) is 4.02. The third kappa shape index (κ3) is 4.90. The predicted molar refractivity (Wildman–Crippen MR) is 109 cm³/mol. The van der Waals surface area contributed by atoms with Gasteiger partial charge in [-0.1, -0.05) is 11.3 Å². The molecule has 10 heteroatoms. The minimum absolute atomic E-state index is 0.0805. The Balaban J connectivity index is 1.60. The first kappa shape index (κ1) is 19.9. The molecule has 0 saturated carbocycles. The van der Waals surface area contributed by atoms with Crippen molar-refractivity contribution < 1.29 is 14.0 Å². The lowest BCUT2D eigenvalue weighted by Crippen LogP contribution is -2.21. The minimum atomic E-state index is -0.310. The molecular weight excluding hydrogens is 401 g/mol. The van der Waals surface area contributed by atoms with E-state index in [2.05, 4.69) is 20.6 Å². The number of carbonyl (C=O) groups is 2. The molecule has 3 rings (SSSR count). The van der Waals surface area contributed by atoms with Crippen molar-refractivity contribution in [2.75, 3.05) is 24.7 Å². The molecule has 0 aliphatic heterocycles. The number of anilines is 3. The molecule has 0 bridgehead atoms. The summed E-state index contributed by atoms with van der Waals surface area (Å²) < 4.78 is 13.0. The van der Waals surface area contributed by atoms with E-state index >= 15 is 0 Å². The monoisotopic (exact) mass is 419 g/mol. The molecule has 2 aromatic heterocycles. The van der Waals surface area contributed by atoms with Gasteiger partial charge in [-0.05, 0) is 31.2 Å². The predicted octanol–water partition coefficient (Wildman–Crippen LogP) is 3.67. The summed E-state index contributed by atoms with van der Waals surface area (Å²) in [6, 6.07) is 5.94. The Morgan fingerprint density at radius 1 is 1.14 bits per heavy atom. The first-order chi connectivity index (χ1) is 13.3. The van der Waals surface area contributed by atoms with Crippen LogP contribution in [0.15, 0.2) is 29.6 Å². The fourth-order valence-electron chi connectivity index (χ4n) is 2.28. The van der Waals surface area contributed by atoms with E-state index in [1.54, 1.807) is 38.5 Å². The number of nitrogens with zero attached hydrogens (tertiary/aromatic N) is 3. The van der Waals surface area contributed by atoms with Gasteiger partial charge in [0, 0.05) is 25.2 Å². The van der Waals surface area contributed by atoms with Gasteiger partial charge >= 0.3 is 0 Å². The zero-order chi connectivity index (χ0) is 20.3. The minimum Gasteiger partial charge on any atom is -0.344 e. The van der Waals surface area contributed by atoms with Crippen LogP contribution in [0.1, 0.15) is 21.1 Å². The molecule has 0 radical (unpaired) electrons. The molecule has 0 aliphatic carbocycles. The lowest BCUT2D eigenvalue weighted by Gasteiger charge is -2.07. The first-order valence-electron chi connectivity index (χ1n) is 8.27. The van der Waals surface area contributed by atoms with Crippen LogP contribution < -0.4 is 10.6 Å². The van der Waals surface area contributed by atoms with Crippen LogP contribution in [0.3, 0.4) is 0 Å². The van der Waals surface area contributed by atoms with Crippen molar-refractivity contribution in [2.24, 2.45) is 0 Å². The smallest absolute Gasteiger partial charge is 0.265 e. The summed E-state index contributed by atoms with van der Waals surface area (Å²) >= 11 is 2.50. The summed E-state index contributed by atoms with van der Waals surface area (Å²) in [6.45, 7) is 1.73. The number of halogens is 1. The standard InChI is InChI=1S/C18H18FN5O2S2/c1-10-15(16(26)24(2)3)28-18(20-10)23-14(25)8-13-9-27-17(22-13)21-12-6-4-11(19)5-7-12/h4-7,9H,8H2,1-3H3,(H,21,22)(H,20,23,25). The Morgan fingerprint density at radius 3 is 2.54 bits per heavy atom. The second-order valence-corrected chi connectivity index (χ2v) is 7.99. The van der Waals surface area contributed by atoms with Crippen molar-refractivity contribution in [3.8, 4) is 0 Å². The van der Waals surface area contributed by atoms with Crippen LogP contribution in [0.2, 0.25) is 0 Å². The zero-order valence-electron chi connectivity index (χ0n) is 15.4. The summed E-state index contributed by atoms with van der Waals surface area (Å²) in [5, 5.41) is 8.54. The third-order valence-electron chi connectivity index (χ3n) is 3.63. The summed E-state index contributed by atoms with van der Waals surface area (Å²) in [5.74, 6) is -0.724. The molecule has 2 amide bonds. The van der Waals surface area contributed by atoms with Gasteiger partial charge in [0.2, 0.25) is 5.91 Å². The highest BCUT2D eigenvalue weighted by Gasteiger charge is 2.18. The van der Waals surface area contributed by atoms with Crippen LogP contribution in [-0.2, 0) is 11.2 Å². The molecule has 0 aliphatic rings. The van der Waals surface area contributed by atoms with Gasteiger partial charge in [-0.15, -0.1) is 11.3 Å². The molecule has 1 aromatic carbocycles. The number of aryl methyl sites for hydroxylation is 1. The first-order valence-corrected chi connectivity index (χ1v) is 9.97. The van der Waals surface area contributed by atoms with Crippen LogP contribution >= 0.6 is 22.7 Å². The van der Waals surface area contributed by atoms with Gasteiger partial charge in [-0.3, -0.25) is 9.59 Å². The molecule has 2 heterocycles. The maximum absolute atomic E-state index is 13.0. The molecule has 146 valence electrons. The van der Waals surface area contributed by atoms with Gasteiger partial charge in [0.15, 0.2) is 10.3 Å². The van der Waals surface area contributed by atoms with Gasteiger partial charge in [0.1, 0.15) is 10.7 Å². The van der Waals surface area contributed by atoms with E-state index < -0.39 is 0 Å². The largest absolute Gasteiger partial charge is 0.344 e. The van der Waals surface area contributed by atoms with Crippen molar-refractivity contribution in [3.63, 3.8) is 0 Å². The van der Waals surface area contributed by atoms with E-state index in [4.69, 9.17) is 0 Å². The molecule has 0 unspecified atom stereocenters. The highest BCUT2D eigenvalue weighted by atomic mass is 32.1. The Hall–Kier alpha value is -2.85. The number of hydrogen-bond donors (Lipinski definition) is 2. The average molecular weight is 420 g/mol. The number of hydrogen-bond acceptors (Lipinski definition) is 7. The molecule has 28 heavy (non-hydrogen) atoms. The number of amides is 2. The maximum atomic E-state index is 13.0. The van der Waals surface area contributed by atoms with Crippen molar-refractivity contribution in [1.29, 1.82) is 0 Å². The lowest BCUT2D eigenvalue weighted by molar-refractivity contribution is -0.115. The molecule has 7 nitrogen and oxygen atoms in total. The lowest BCUT2D eigenvalue weighted by atomic mass is 10.3. The van der Waals surface area contributed by atoms with Gasteiger partial charge in [-0.25, -0.2) is 14.4 Å². The Morgan fingerprint density at radius 2 is 1.86 bits per heavy atom. The number of benzene rings is 1. The topological polar surface area (TPSA) is 87.2 Å². The van der Waals surface area contributed by atoms with Crippen molar-refractivity contribution >= 4 is 50.4 Å². The molecule has 2 N–H and O–H groups in total. The molecule has 0 spiro atoms. The van der Waals surface area contributed by atoms with Crippen molar-refractivity contribution in [1.82, 2.24) is 14.9 Å². The van der Waals surface area contributed by atoms with E-state index in [0.29, 0.717) is 32.2 Å². The van der Waals surface area contributed by atoms with Gasteiger partial charge < -0.3 is 15.5 Å². The van der Waals surface area contributed by atoms with Crippen molar-refractivity contribution in [2.45, 2.75) is 13.3 Å². The van der Waals surface area contributed by atoms with Crippen LogP contribution in [0, 0.1) is 12.7 Å². The van der Waals surface area contributed by atoms with E-state index in [1.165, 1.54) is 28.4 Å². The van der Waals surface area contributed by atoms with Crippen LogP contribution in [-0.4, -0.2) is 40.8 Å². The number of thiazole rings is 2. The van der Waals surface area contributed by atoms with Crippen molar-refractivity contribution in [3.05, 3.63) is 51.7 Å². The fraction of sp³-hybridized carbons (Fsp3) is 0.222. The normalized spacial score (nSPS) is 10.6. The number of aromatic nitrogens is 2. The van der Waals surface area contributed by atoms with E-state index in [9.17, 15) is 14.0 Å². The van der Waals surface area contributed by atoms with E-state index in [1.807, 2.05) is 0 Å². The Bertz CT molecular complexity index is 998. The Kier molecular flexibility index (Phi) is 6.00. The summed E-state index contributed by atoms with van der Waals surface area (Å²) in [4.78, 5) is 34.9. The quantitative estimate of drug-likeness (QED) is 0.637. The second kappa shape index (κ2) is 8.44. The highest BCUT2D eigenvalue weighted by molar-refractivity contribution is 7.17. The molecule has 3 aromatic rings. The maximum Gasteiger partial charge on any atom is 0.265 e. The molecule has 0 atom stereocenters. The van der Waals surface area contributed by atoms with E-state index in [-0.39, 0.29) is 24.1 Å². The van der Waals surface area contributed by atoms with Crippen LogP contribution in [0.4, 0.5) is 20.3 Å². The SMILES string of the molecule is Cc1nc(NC(=O)Cc2csc(Nc3ccc(F)cc3)n2)sc1C(=O)N(C)C. The average Bonchev–Trinajstić information content (AvgIpc) is 3.22. The molecular formula is C18H18FN5O2S2. The van der Waals surface area contributed by atoms with Crippen LogP contribution in [0.5, 0.6) is 0 Å². The van der Waals surface area contributed by atoms with Gasteiger partial charge in [0.05, 0.1) is 17.8 Å². The third-order valence-corrected chi connectivity index (χ3v) is 5.50. The van der Waals surface area contributed by atoms with Gasteiger partial charge in [0.25, 0.3) is 5.91 Å². The van der Waals surface area contributed by atoms with E-state index in [0.717, 1.165) is 11.3 Å². The summed E-state index contributed by atoms with van der Waals surface area (Å²) in [7, 11) is 3.33. The molecule has 0 fully saturated rings. The number of carbonyl (C=O) groups excluding carboxylic acids is 2. The Labute approximate surface area is 169 Å². The van der Waals surface area contributed by atoms with Crippen LogP contribution in [0.25, 0.3) is 0 Å². The zero-order valence-corrected chi connectivity index (χ0v) is 17.1. The van der Waals surface area contributed by atoms with Gasteiger partial charge in [-0.2, -0.15) is 0 Å².